The summed E-state index contributed by atoms with van der Waals surface area (Å²) in [5.74, 6) is 1.63. The Morgan fingerprint density at radius 3 is 2.38 bits per heavy atom. The molecule has 1 N–H and O–H groups in total. The normalized spacial score (nSPS) is 29.1. The molecule has 3 heteroatoms. The molecule has 4 rings (SSSR count). The van der Waals surface area contributed by atoms with Crippen LogP contribution in [0.15, 0.2) is 48.6 Å². The number of hydrogen-bond donors (Lipinski definition) is 1. The maximum absolute atomic E-state index is 6.19. The average Bonchev–Trinajstić information content (AvgIpc) is 2.65. The minimum Gasteiger partial charge on any atom is -0.316 e. The molecule has 0 aromatic heterocycles. The molecule has 3 aliphatic rings. The summed E-state index contributed by atoms with van der Waals surface area (Å²) in [6.45, 7) is 4.75. The fourth-order valence-corrected chi connectivity index (χ4v) is 4.88. The van der Waals surface area contributed by atoms with Gasteiger partial charge in [-0.2, -0.15) is 0 Å². The highest BCUT2D eigenvalue weighted by molar-refractivity contribution is 6.30. The molecule has 1 saturated heterocycles. The topological polar surface area (TPSA) is 15.3 Å². The van der Waals surface area contributed by atoms with Crippen molar-refractivity contribution in [2.24, 2.45) is 11.8 Å². The molecule has 1 saturated carbocycles. The number of allylic oxidation sites excluding steroid dienone is 2. The molecule has 1 heterocycles. The van der Waals surface area contributed by atoms with E-state index in [9.17, 15) is 0 Å². The molecule has 1 aromatic carbocycles. The van der Waals surface area contributed by atoms with Gasteiger partial charge in [-0.05, 0) is 74.7 Å². The van der Waals surface area contributed by atoms with Gasteiger partial charge in [0.2, 0.25) is 0 Å². The van der Waals surface area contributed by atoms with Crippen LogP contribution in [0.5, 0.6) is 0 Å². The Morgan fingerprint density at radius 2 is 1.77 bits per heavy atom. The third-order valence-corrected chi connectivity index (χ3v) is 6.79. The molecule has 2 unspecified atom stereocenters. The van der Waals surface area contributed by atoms with Crippen molar-refractivity contribution in [3.63, 3.8) is 0 Å². The van der Waals surface area contributed by atoms with Gasteiger partial charge in [-0.25, -0.2) is 0 Å². The third-order valence-electron chi connectivity index (χ3n) is 6.54. The predicted octanol–water partition coefficient (Wildman–Crippen LogP) is 5.15. The van der Waals surface area contributed by atoms with E-state index in [1.807, 2.05) is 0 Å². The third kappa shape index (κ3) is 3.93. The van der Waals surface area contributed by atoms with Crippen LogP contribution in [-0.4, -0.2) is 31.1 Å². The van der Waals surface area contributed by atoms with Gasteiger partial charge in [0.15, 0.2) is 0 Å². The van der Waals surface area contributed by atoms with Crippen molar-refractivity contribution < 1.29 is 0 Å². The zero-order valence-corrected chi connectivity index (χ0v) is 16.4. The van der Waals surface area contributed by atoms with Crippen molar-refractivity contribution in [3.8, 4) is 0 Å². The Balaban J connectivity index is 1.64. The maximum atomic E-state index is 6.19. The number of piperidine rings is 1. The first-order valence-corrected chi connectivity index (χ1v) is 10.7. The van der Waals surface area contributed by atoms with Gasteiger partial charge >= 0.3 is 0 Å². The summed E-state index contributed by atoms with van der Waals surface area (Å²) in [4.78, 5) is 2.80. The summed E-state index contributed by atoms with van der Waals surface area (Å²) >= 11 is 6.19. The zero-order chi connectivity index (χ0) is 17.8. The number of nitrogens with one attached hydrogen (secondary N) is 1. The largest absolute Gasteiger partial charge is 0.316 e. The molecule has 140 valence electrons. The molecule has 2 fully saturated rings. The first kappa shape index (κ1) is 18.3. The van der Waals surface area contributed by atoms with Crippen LogP contribution in [0.3, 0.4) is 0 Å². The second kappa shape index (κ2) is 8.29. The Labute approximate surface area is 163 Å². The van der Waals surface area contributed by atoms with E-state index in [4.69, 9.17) is 11.6 Å². The van der Waals surface area contributed by atoms with Crippen LogP contribution >= 0.6 is 11.6 Å². The predicted molar refractivity (Wildman–Crippen MR) is 111 cm³/mol. The average molecular weight is 371 g/mol. The van der Waals surface area contributed by atoms with Crippen LogP contribution in [-0.2, 0) is 5.54 Å². The van der Waals surface area contributed by atoms with Gasteiger partial charge in [0.25, 0.3) is 0 Å². The standard InChI is InChI=1S/C23H31ClN2/c24-22-11-9-21(10-12-22)23(13-2-1-3-14-23)26(17-19-6-4-7-19)18-20-8-5-15-25-16-20/h1-3,9-13,19-20,25H,4-8,14-18H2. The Kier molecular flexibility index (Phi) is 5.83. The quantitative estimate of drug-likeness (QED) is 0.744. The molecule has 0 radical (unpaired) electrons. The first-order chi connectivity index (χ1) is 12.8. The first-order valence-electron chi connectivity index (χ1n) is 10.3. The summed E-state index contributed by atoms with van der Waals surface area (Å²) in [7, 11) is 0. The van der Waals surface area contributed by atoms with E-state index in [1.165, 1.54) is 57.3 Å². The van der Waals surface area contributed by atoms with Crippen molar-refractivity contribution in [3.05, 3.63) is 59.2 Å². The van der Waals surface area contributed by atoms with E-state index >= 15 is 0 Å². The number of rotatable bonds is 6. The van der Waals surface area contributed by atoms with Gasteiger partial charge in [-0.1, -0.05) is 54.5 Å². The van der Waals surface area contributed by atoms with E-state index in [2.05, 4.69) is 58.8 Å². The molecule has 2 aliphatic carbocycles. The second-order valence-corrected chi connectivity index (χ2v) is 8.77. The van der Waals surface area contributed by atoms with Gasteiger partial charge in [0.05, 0.1) is 5.54 Å². The minimum atomic E-state index is -0.0215. The molecule has 0 bridgehead atoms. The van der Waals surface area contributed by atoms with E-state index in [0.29, 0.717) is 0 Å². The van der Waals surface area contributed by atoms with Crippen molar-refractivity contribution in [2.45, 2.75) is 44.1 Å². The number of nitrogens with zero attached hydrogens (tertiary/aromatic N) is 1. The monoisotopic (exact) mass is 370 g/mol. The summed E-state index contributed by atoms with van der Waals surface area (Å²) in [6, 6.07) is 8.57. The van der Waals surface area contributed by atoms with Crippen molar-refractivity contribution in [2.75, 3.05) is 26.2 Å². The van der Waals surface area contributed by atoms with Gasteiger partial charge < -0.3 is 5.32 Å². The summed E-state index contributed by atoms with van der Waals surface area (Å²) in [5.41, 5.74) is 1.36. The van der Waals surface area contributed by atoms with Crippen LogP contribution in [0.1, 0.15) is 44.1 Å². The second-order valence-electron chi connectivity index (χ2n) is 8.34. The molecule has 2 nitrogen and oxygen atoms in total. The maximum Gasteiger partial charge on any atom is 0.0683 e. The Morgan fingerprint density at radius 1 is 1.00 bits per heavy atom. The van der Waals surface area contributed by atoms with Crippen molar-refractivity contribution in [1.82, 2.24) is 10.2 Å². The van der Waals surface area contributed by atoms with E-state index < -0.39 is 0 Å². The zero-order valence-electron chi connectivity index (χ0n) is 15.7. The number of hydrogen-bond acceptors (Lipinski definition) is 2. The lowest BCUT2D eigenvalue weighted by Crippen LogP contribution is -2.51. The van der Waals surface area contributed by atoms with Crippen molar-refractivity contribution in [1.29, 1.82) is 0 Å². The molecule has 1 aromatic rings. The molecule has 1 aliphatic heterocycles. The SMILES string of the molecule is Clc1ccc(C2(N(CC3CCC3)CC3CCCNC3)C=CC=CC2)cc1. The Hall–Kier alpha value is -1.09. The van der Waals surface area contributed by atoms with Gasteiger partial charge in [0.1, 0.15) is 0 Å². The van der Waals surface area contributed by atoms with Crippen LogP contribution in [0.25, 0.3) is 0 Å². The molecule has 2 atom stereocenters. The highest BCUT2D eigenvalue weighted by Gasteiger charge is 2.39. The highest BCUT2D eigenvalue weighted by Crippen LogP contribution is 2.40. The fourth-order valence-electron chi connectivity index (χ4n) is 4.76. The van der Waals surface area contributed by atoms with Crippen LogP contribution in [0, 0.1) is 11.8 Å². The van der Waals surface area contributed by atoms with Crippen LogP contribution < -0.4 is 5.32 Å². The lowest BCUT2D eigenvalue weighted by Gasteiger charge is -2.47. The van der Waals surface area contributed by atoms with E-state index in [1.54, 1.807) is 0 Å². The highest BCUT2D eigenvalue weighted by atomic mass is 35.5. The van der Waals surface area contributed by atoms with Gasteiger partial charge in [-0.3, -0.25) is 4.90 Å². The molecule has 0 spiro atoms. The smallest absolute Gasteiger partial charge is 0.0683 e. The van der Waals surface area contributed by atoms with Gasteiger partial charge in [0, 0.05) is 18.1 Å². The Bertz CT molecular complexity index is 641. The van der Waals surface area contributed by atoms with Crippen molar-refractivity contribution >= 4 is 11.6 Å². The lowest BCUT2D eigenvalue weighted by molar-refractivity contribution is 0.0624. The van der Waals surface area contributed by atoms with E-state index in [-0.39, 0.29) is 5.54 Å². The van der Waals surface area contributed by atoms with Crippen LogP contribution in [0.2, 0.25) is 5.02 Å². The fraction of sp³-hybridized carbons (Fsp3) is 0.565. The minimum absolute atomic E-state index is 0.0215. The lowest BCUT2D eigenvalue weighted by atomic mass is 9.78. The molecular formula is C23H31ClN2. The summed E-state index contributed by atoms with van der Waals surface area (Å²) in [5, 5.41) is 4.43. The van der Waals surface area contributed by atoms with E-state index in [0.717, 1.165) is 29.8 Å². The molecule has 26 heavy (non-hydrogen) atoms. The molecular weight excluding hydrogens is 340 g/mol. The summed E-state index contributed by atoms with van der Waals surface area (Å²) in [6.07, 6.45) is 17.1. The van der Waals surface area contributed by atoms with Crippen LogP contribution in [0.4, 0.5) is 0 Å². The summed E-state index contributed by atoms with van der Waals surface area (Å²) < 4.78 is 0. The number of halogens is 1. The number of benzene rings is 1. The van der Waals surface area contributed by atoms with Gasteiger partial charge in [-0.15, -0.1) is 0 Å². The molecule has 0 amide bonds.